The van der Waals surface area contributed by atoms with Crippen molar-refractivity contribution in [1.82, 2.24) is 0 Å². The minimum Gasteiger partial charge on any atom is -0.398 e. The lowest BCUT2D eigenvalue weighted by Gasteiger charge is -2.29. The van der Waals surface area contributed by atoms with Gasteiger partial charge in [-0.1, -0.05) is 0 Å². The Bertz CT molecular complexity index is 197. The molecule has 0 aliphatic heterocycles. The van der Waals surface area contributed by atoms with Crippen LogP contribution in [0.15, 0.2) is 0 Å². The van der Waals surface area contributed by atoms with Crippen molar-refractivity contribution in [3.8, 4) is 0 Å². The molecule has 0 N–H and O–H groups in total. The van der Waals surface area contributed by atoms with Gasteiger partial charge in [-0.05, 0) is 33.9 Å². The van der Waals surface area contributed by atoms with Crippen molar-refractivity contribution in [2.75, 3.05) is 33.5 Å². The predicted molar refractivity (Wildman–Crippen MR) is 75.9 cm³/mol. The van der Waals surface area contributed by atoms with E-state index in [-0.39, 0.29) is 0 Å². The van der Waals surface area contributed by atoms with Gasteiger partial charge in [0.2, 0.25) is 0 Å². The molecule has 0 aromatic heterocycles. The van der Waals surface area contributed by atoms with Crippen LogP contribution in [0, 0.1) is 0 Å². The molecule has 0 rings (SSSR count). The Morgan fingerprint density at radius 3 is 1.56 bits per heavy atom. The van der Waals surface area contributed by atoms with E-state index in [0.29, 0.717) is 32.5 Å². The average Bonchev–Trinajstić information content (AvgIpc) is 2.30. The van der Waals surface area contributed by atoms with Crippen LogP contribution in [-0.2, 0) is 22.1 Å². The smallest absolute Gasteiger partial charge is 0.398 e. The van der Waals surface area contributed by atoms with E-state index in [1.165, 1.54) is 0 Å². The Balaban J connectivity index is 4.38. The molecule has 0 fully saturated rings. The maximum absolute atomic E-state index is 5.78. The Morgan fingerprint density at radius 2 is 1.22 bits per heavy atom. The van der Waals surface area contributed by atoms with Crippen LogP contribution >= 0.6 is 0 Å². The summed E-state index contributed by atoms with van der Waals surface area (Å²) < 4.78 is 28.4. The molecular weight excluding hydrogens is 268 g/mol. The van der Waals surface area contributed by atoms with Crippen LogP contribution in [-0.4, -0.2) is 50.9 Å². The maximum atomic E-state index is 5.78. The average molecular weight is 297 g/mol. The van der Waals surface area contributed by atoms with Crippen molar-refractivity contribution in [1.29, 1.82) is 0 Å². The molecule has 0 aliphatic rings. The first-order valence-electron chi connectivity index (χ1n) is 6.56. The molecule has 7 heteroatoms. The number of rotatable bonds is 11. The normalized spacial score (nSPS) is 13.0. The molecule has 110 valence electrons. The van der Waals surface area contributed by atoms with E-state index in [0.717, 1.165) is 0 Å². The molecule has 18 heavy (non-hydrogen) atoms. The Labute approximate surface area is 113 Å². The van der Waals surface area contributed by atoms with Crippen LogP contribution in [0.2, 0.25) is 19.1 Å². The van der Waals surface area contributed by atoms with E-state index in [2.05, 4.69) is 0 Å². The van der Waals surface area contributed by atoms with E-state index in [1.807, 2.05) is 33.9 Å². The molecule has 0 aromatic carbocycles. The quantitative estimate of drug-likeness (QED) is 0.548. The zero-order valence-corrected chi connectivity index (χ0v) is 14.6. The van der Waals surface area contributed by atoms with Gasteiger partial charge >= 0.3 is 17.4 Å². The summed E-state index contributed by atoms with van der Waals surface area (Å²) in [5.74, 6) is 0. The molecule has 0 aliphatic carbocycles. The second-order valence-corrected chi connectivity index (χ2v) is 10.4. The fourth-order valence-corrected chi connectivity index (χ4v) is 4.75. The second kappa shape index (κ2) is 9.19. The van der Waals surface area contributed by atoms with Crippen molar-refractivity contribution in [3.05, 3.63) is 0 Å². The third kappa shape index (κ3) is 6.98. The van der Waals surface area contributed by atoms with Crippen molar-refractivity contribution in [2.45, 2.75) is 39.9 Å². The lowest BCUT2D eigenvalue weighted by Crippen LogP contribution is -2.47. The van der Waals surface area contributed by atoms with Crippen molar-refractivity contribution < 1.29 is 22.1 Å². The van der Waals surface area contributed by atoms with Gasteiger partial charge in [-0.25, -0.2) is 0 Å². The van der Waals surface area contributed by atoms with E-state index in [1.54, 1.807) is 7.11 Å². The zero-order chi connectivity index (χ0) is 14.1. The van der Waals surface area contributed by atoms with E-state index >= 15 is 0 Å². The fraction of sp³-hybridized carbons (Fsp3) is 1.00. The third-order valence-electron chi connectivity index (χ3n) is 2.44. The summed E-state index contributed by atoms with van der Waals surface area (Å²) in [6.45, 7) is 12.2. The highest BCUT2D eigenvalue weighted by atomic mass is 28.4. The molecule has 0 aromatic rings. The molecule has 0 atom stereocenters. The highest BCUT2D eigenvalue weighted by Crippen LogP contribution is 2.17. The number of hydrogen-bond donors (Lipinski definition) is 0. The molecule has 0 heterocycles. The van der Waals surface area contributed by atoms with Gasteiger partial charge in [0.15, 0.2) is 0 Å². The van der Waals surface area contributed by atoms with Crippen LogP contribution in [0.3, 0.4) is 0 Å². The minimum absolute atomic E-state index is 0.555. The van der Waals surface area contributed by atoms with Gasteiger partial charge in [-0.2, -0.15) is 0 Å². The van der Waals surface area contributed by atoms with E-state index in [4.69, 9.17) is 22.1 Å². The fourth-order valence-electron chi connectivity index (χ4n) is 1.48. The molecule has 0 saturated heterocycles. The molecule has 0 amide bonds. The SMILES string of the molecule is CCO[Si](CCO[Si](C)(C)OC)(OCC)OCC. The first-order chi connectivity index (χ1) is 8.45. The van der Waals surface area contributed by atoms with Crippen LogP contribution in [0.1, 0.15) is 20.8 Å². The van der Waals surface area contributed by atoms with E-state index < -0.39 is 17.4 Å². The predicted octanol–water partition coefficient (Wildman–Crippen LogP) is 2.40. The van der Waals surface area contributed by atoms with Gasteiger partial charge in [-0.15, -0.1) is 0 Å². The first-order valence-corrected chi connectivity index (χ1v) is 11.3. The summed E-state index contributed by atoms with van der Waals surface area (Å²) in [7, 11) is -2.87. The van der Waals surface area contributed by atoms with Crippen LogP contribution in [0.5, 0.6) is 0 Å². The van der Waals surface area contributed by atoms with Gasteiger partial charge in [-0.3, -0.25) is 0 Å². The maximum Gasteiger partial charge on any atom is 0.503 e. The molecule has 5 nitrogen and oxygen atoms in total. The van der Waals surface area contributed by atoms with Crippen molar-refractivity contribution >= 4 is 17.4 Å². The zero-order valence-electron chi connectivity index (χ0n) is 12.6. The lowest BCUT2D eigenvalue weighted by molar-refractivity contribution is 0.0659. The van der Waals surface area contributed by atoms with Crippen molar-refractivity contribution in [3.63, 3.8) is 0 Å². The minimum atomic E-state index is -2.57. The summed E-state index contributed by atoms with van der Waals surface area (Å²) >= 11 is 0. The highest BCUT2D eigenvalue weighted by molar-refractivity contribution is 6.64. The monoisotopic (exact) mass is 296 g/mol. The molecule has 0 unspecified atom stereocenters. The third-order valence-corrected chi connectivity index (χ3v) is 7.33. The van der Waals surface area contributed by atoms with Crippen molar-refractivity contribution in [2.24, 2.45) is 0 Å². The van der Waals surface area contributed by atoms with Crippen LogP contribution < -0.4 is 0 Å². The van der Waals surface area contributed by atoms with Gasteiger partial charge in [0.25, 0.3) is 0 Å². The lowest BCUT2D eigenvalue weighted by atomic mass is 10.9. The van der Waals surface area contributed by atoms with Gasteiger partial charge < -0.3 is 22.1 Å². The number of hydrogen-bond acceptors (Lipinski definition) is 5. The molecule has 0 spiro atoms. The summed E-state index contributed by atoms with van der Waals surface area (Å²) in [4.78, 5) is 0. The summed E-state index contributed by atoms with van der Waals surface area (Å²) in [6.07, 6.45) is 0. The first kappa shape index (κ1) is 18.2. The summed E-state index contributed by atoms with van der Waals surface area (Å²) in [5.41, 5.74) is 0. The Hall–Kier alpha value is 0.234. The van der Waals surface area contributed by atoms with Gasteiger partial charge in [0.05, 0.1) is 0 Å². The second-order valence-electron chi connectivity index (χ2n) is 4.18. The van der Waals surface area contributed by atoms with Crippen LogP contribution in [0.4, 0.5) is 0 Å². The van der Waals surface area contributed by atoms with Gasteiger partial charge in [0.1, 0.15) is 0 Å². The summed E-state index contributed by atoms with van der Waals surface area (Å²) in [5, 5.41) is 0. The standard InChI is InChI=1S/C11H28O5Si2/c1-7-13-18(14-8-2,15-9-3)11-10-16-17(5,6)12-4/h7-11H2,1-6H3. The molecule has 0 saturated carbocycles. The highest BCUT2D eigenvalue weighted by Gasteiger charge is 2.40. The largest absolute Gasteiger partial charge is 0.503 e. The van der Waals surface area contributed by atoms with E-state index in [9.17, 15) is 0 Å². The molecular formula is C11H28O5Si2. The van der Waals surface area contributed by atoms with Crippen LogP contribution in [0.25, 0.3) is 0 Å². The Kier molecular flexibility index (Phi) is 9.31. The topological polar surface area (TPSA) is 46.2 Å². The molecule has 0 radical (unpaired) electrons. The molecule has 0 bridgehead atoms. The Morgan fingerprint density at radius 1 is 0.778 bits per heavy atom. The van der Waals surface area contributed by atoms with Gasteiger partial charge in [0, 0.05) is 39.6 Å². The summed E-state index contributed by atoms with van der Waals surface area (Å²) in [6, 6.07) is 0.669.